The zero-order valence-corrected chi connectivity index (χ0v) is 14.3. The largest absolute Gasteiger partial charge is 0.497 e. The van der Waals surface area contributed by atoms with Crippen LogP contribution in [0.5, 0.6) is 5.75 Å². The molecule has 1 heterocycles. The minimum Gasteiger partial charge on any atom is -0.497 e. The first-order chi connectivity index (χ1) is 12.5. The van der Waals surface area contributed by atoms with Crippen LogP contribution in [0.15, 0.2) is 47.3 Å². The zero-order valence-electron chi connectivity index (χ0n) is 14.3. The molecule has 0 bridgehead atoms. The molecule has 0 fully saturated rings. The number of hydrogen-bond donors (Lipinski definition) is 1. The van der Waals surface area contributed by atoms with Crippen molar-refractivity contribution in [3.63, 3.8) is 0 Å². The molecule has 3 aromatic rings. The van der Waals surface area contributed by atoms with E-state index in [0.717, 1.165) is 16.0 Å². The molecule has 0 radical (unpaired) electrons. The number of halogens is 1. The topological polar surface area (TPSA) is 86.1 Å². The van der Waals surface area contributed by atoms with Crippen LogP contribution in [0.3, 0.4) is 0 Å². The molecule has 1 atom stereocenters. The summed E-state index contributed by atoms with van der Waals surface area (Å²) in [6, 6.07) is 11.1. The third kappa shape index (κ3) is 3.53. The number of amides is 1. The van der Waals surface area contributed by atoms with E-state index >= 15 is 0 Å². The van der Waals surface area contributed by atoms with Crippen LogP contribution >= 0.6 is 0 Å². The van der Waals surface area contributed by atoms with Crippen LogP contribution in [-0.4, -0.2) is 28.0 Å². The highest BCUT2D eigenvalue weighted by molar-refractivity contribution is 5.79. The van der Waals surface area contributed by atoms with E-state index in [-0.39, 0.29) is 23.5 Å². The maximum atomic E-state index is 13.6. The van der Waals surface area contributed by atoms with Gasteiger partial charge in [0.2, 0.25) is 5.91 Å². The Kier molecular flexibility index (Phi) is 4.92. The average molecular weight is 356 g/mol. The second-order valence-corrected chi connectivity index (χ2v) is 5.75. The molecule has 0 aliphatic carbocycles. The summed E-state index contributed by atoms with van der Waals surface area (Å²) in [7, 11) is 1.58. The summed E-state index contributed by atoms with van der Waals surface area (Å²) in [5, 5.41) is 10.2. The highest BCUT2D eigenvalue weighted by atomic mass is 19.1. The van der Waals surface area contributed by atoms with Crippen molar-refractivity contribution in [2.75, 3.05) is 7.11 Å². The highest BCUT2D eigenvalue weighted by Crippen LogP contribution is 2.17. The van der Waals surface area contributed by atoms with Crippen molar-refractivity contribution >= 4 is 16.8 Å². The SMILES string of the molecule is COc1ccc(C(C)NC(=O)Cn2nnc3c(F)cccc3c2=O)cc1. The Hall–Kier alpha value is -3.29. The molecule has 1 unspecified atom stereocenters. The van der Waals surface area contributed by atoms with E-state index in [0.29, 0.717) is 0 Å². The molecule has 1 amide bonds. The van der Waals surface area contributed by atoms with Crippen molar-refractivity contribution in [1.29, 1.82) is 0 Å². The van der Waals surface area contributed by atoms with Crippen LogP contribution in [0, 0.1) is 5.82 Å². The Bertz CT molecular complexity index is 1000. The number of carbonyl (C=O) groups is 1. The number of methoxy groups -OCH3 is 1. The number of carbonyl (C=O) groups excluding carboxylic acids is 1. The molecule has 0 aliphatic rings. The van der Waals surface area contributed by atoms with Gasteiger partial charge in [0.15, 0.2) is 5.82 Å². The van der Waals surface area contributed by atoms with Crippen LogP contribution in [0.4, 0.5) is 4.39 Å². The number of hydrogen-bond acceptors (Lipinski definition) is 5. The number of nitrogens with zero attached hydrogens (tertiary/aromatic N) is 3. The van der Waals surface area contributed by atoms with Gasteiger partial charge in [-0.2, -0.15) is 0 Å². The molecule has 7 nitrogen and oxygen atoms in total. The summed E-state index contributed by atoms with van der Waals surface area (Å²) in [6.07, 6.45) is 0. The summed E-state index contributed by atoms with van der Waals surface area (Å²) in [5.41, 5.74) is 0.209. The fourth-order valence-electron chi connectivity index (χ4n) is 2.57. The summed E-state index contributed by atoms with van der Waals surface area (Å²) in [6.45, 7) is 1.52. The van der Waals surface area contributed by atoms with Crippen LogP contribution in [0.2, 0.25) is 0 Å². The lowest BCUT2D eigenvalue weighted by molar-refractivity contribution is -0.122. The lowest BCUT2D eigenvalue weighted by atomic mass is 10.1. The van der Waals surface area contributed by atoms with Gasteiger partial charge >= 0.3 is 0 Å². The monoisotopic (exact) mass is 356 g/mol. The van der Waals surface area contributed by atoms with Crippen LogP contribution in [0.25, 0.3) is 10.9 Å². The maximum Gasteiger partial charge on any atom is 0.278 e. The number of fused-ring (bicyclic) bond motifs is 1. The number of rotatable bonds is 5. The standard InChI is InChI=1S/C18H17FN4O3/c1-11(12-6-8-13(26-2)9-7-12)20-16(24)10-23-18(25)14-4-3-5-15(19)17(14)21-22-23/h3-9,11H,10H2,1-2H3,(H,20,24). The minimum absolute atomic E-state index is 0.0796. The van der Waals surface area contributed by atoms with Crippen molar-refractivity contribution in [2.24, 2.45) is 0 Å². The Morgan fingerprint density at radius 2 is 2.00 bits per heavy atom. The third-order valence-corrected chi connectivity index (χ3v) is 3.99. The van der Waals surface area contributed by atoms with Crippen LogP contribution in [-0.2, 0) is 11.3 Å². The molecule has 0 saturated heterocycles. The van der Waals surface area contributed by atoms with Gasteiger partial charge in [-0.1, -0.05) is 23.4 Å². The smallest absolute Gasteiger partial charge is 0.278 e. The van der Waals surface area contributed by atoms with Gasteiger partial charge in [0, 0.05) is 0 Å². The number of nitrogens with one attached hydrogen (secondary N) is 1. The molecule has 3 rings (SSSR count). The molecule has 8 heteroatoms. The number of benzene rings is 2. The molecular formula is C18H17FN4O3. The van der Waals surface area contributed by atoms with Gasteiger partial charge in [0.1, 0.15) is 17.8 Å². The molecule has 26 heavy (non-hydrogen) atoms. The van der Waals surface area contributed by atoms with E-state index < -0.39 is 17.3 Å². The predicted molar refractivity (Wildman–Crippen MR) is 93.3 cm³/mol. The van der Waals surface area contributed by atoms with Crippen molar-refractivity contribution in [3.05, 3.63) is 64.2 Å². The third-order valence-electron chi connectivity index (χ3n) is 3.99. The number of ether oxygens (including phenoxy) is 1. The quantitative estimate of drug-likeness (QED) is 0.754. The van der Waals surface area contributed by atoms with Gasteiger partial charge < -0.3 is 10.1 Å². The summed E-state index contributed by atoms with van der Waals surface area (Å²) in [5.74, 6) is -0.310. The molecule has 1 N–H and O–H groups in total. The summed E-state index contributed by atoms with van der Waals surface area (Å²) in [4.78, 5) is 24.6. The van der Waals surface area contributed by atoms with E-state index in [1.54, 1.807) is 19.2 Å². The van der Waals surface area contributed by atoms with E-state index in [9.17, 15) is 14.0 Å². The fraction of sp³-hybridized carbons (Fsp3) is 0.222. The van der Waals surface area contributed by atoms with E-state index in [1.807, 2.05) is 19.1 Å². The highest BCUT2D eigenvalue weighted by Gasteiger charge is 2.14. The molecule has 0 aliphatic heterocycles. The lowest BCUT2D eigenvalue weighted by Crippen LogP contribution is -2.35. The van der Waals surface area contributed by atoms with E-state index in [4.69, 9.17) is 4.74 Å². The first kappa shape index (κ1) is 17.5. The zero-order chi connectivity index (χ0) is 18.7. The second-order valence-electron chi connectivity index (χ2n) is 5.75. The van der Waals surface area contributed by atoms with Gasteiger partial charge in [-0.3, -0.25) is 9.59 Å². The molecule has 2 aromatic carbocycles. The van der Waals surface area contributed by atoms with E-state index in [1.165, 1.54) is 18.2 Å². The van der Waals surface area contributed by atoms with Crippen molar-refractivity contribution in [3.8, 4) is 5.75 Å². The van der Waals surface area contributed by atoms with Gasteiger partial charge in [0.05, 0.1) is 18.5 Å². The molecular weight excluding hydrogens is 339 g/mol. The number of aromatic nitrogens is 3. The average Bonchev–Trinajstić information content (AvgIpc) is 2.64. The van der Waals surface area contributed by atoms with Crippen molar-refractivity contribution in [2.45, 2.75) is 19.5 Å². The Morgan fingerprint density at radius 1 is 1.27 bits per heavy atom. The first-order valence-electron chi connectivity index (χ1n) is 7.95. The van der Waals surface area contributed by atoms with Gasteiger partial charge in [-0.05, 0) is 36.8 Å². The Morgan fingerprint density at radius 3 is 2.69 bits per heavy atom. The van der Waals surface area contributed by atoms with Gasteiger partial charge in [0.25, 0.3) is 5.56 Å². The second kappa shape index (κ2) is 7.30. The van der Waals surface area contributed by atoms with Crippen molar-refractivity contribution in [1.82, 2.24) is 20.3 Å². The molecule has 134 valence electrons. The fourth-order valence-corrected chi connectivity index (χ4v) is 2.57. The molecule has 1 aromatic heterocycles. The Labute approximate surface area is 148 Å². The van der Waals surface area contributed by atoms with E-state index in [2.05, 4.69) is 15.6 Å². The maximum absolute atomic E-state index is 13.6. The first-order valence-corrected chi connectivity index (χ1v) is 7.95. The van der Waals surface area contributed by atoms with Crippen LogP contribution in [0.1, 0.15) is 18.5 Å². The lowest BCUT2D eigenvalue weighted by Gasteiger charge is -2.15. The van der Waals surface area contributed by atoms with Gasteiger partial charge in [-0.25, -0.2) is 9.07 Å². The molecule has 0 spiro atoms. The normalized spacial score (nSPS) is 12.0. The summed E-state index contributed by atoms with van der Waals surface area (Å²) < 4.78 is 19.6. The Balaban J connectivity index is 1.74. The predicted octanol–water partition coefficient (Wildman–Crippen LogP) is 1.82. The summed E-state index contributed by atoms with van der Waals surface area (Å²) >= 11 is 0. The van der Waals surface area contributed by atoms with Crippen molar-refractivity contribution < 1.29 is 13.9 Å². The van der Waals surface area contributed by atoms with Gasteiger partial charge in [-0.15, -0.1) is 5.10 Å². The molecule has 0 saturated carbocycles. The van der Waals surface area contributed by atoms with Crippen LogP contribution < -0.4 is 15.6 Å². The minimum atomic E-state index is -0.628.